The molecule has 106 valence electrons. The van der Waals surface area contributed by atoms with Gasteiger partial charge in [0.2, 0.25) is 0 Å². The minimum atomic E-state index is -3.59. The summed E-state index contributed by atoms with van der Waals surface area (Å²) in [6.07, 6.45) is 3.34. The summed E-state index contributed by atoms with van der Waals surface area (Å²) in [5, 5.41) is 0.0722. The van der Waals surface area contributed by atoms with Crippen molar-refractivity contribution in [3.05, 3.63) is 12.0 Å². The second kappa shape index (κ2) is 5.05. The molecule has 0 saturated carbocycles. The molecule has 2 heterocycles. The summed E-state index contributed by atoms with van der Waals surface area (Å²) in [6.45, 7) is 3.72. The summed E-state index contributed by atoms with van der Waals surface area (Å²) in [7, 11) is -1.82. The molecule has 0 spiro atoms. The quantitative estimate of drug-likeness (QED) is 0.822. The zero-order chi connectivity index (χ0) is 14.2. The van der Waals surface area contributed by atoms with E-state index in [0.717, 1.165) is 12.8 Å². The molecule has 1 aromatic rings. The van der Waals surface area contributed by atoms with Gasteiger partial charge in [-0.2, -0.15) is 4.31 Å². The summed E-state index contributed by atoms with van der Waals surface area (Å²) in [5.74, 6) is 0.671. The van der Waals surface area contributed by atoms with Crippen LogP contribution in [0.15, 0.2) is 11.2 Å². The number of carbonyl (C=O) groups excluding carboxylic acids is 1. The van der Waals surface area contributed by atoms with Crippen LogP contribution in [-0.4, -0.2) is 40.6 Å². The fourth-order valence-electron chi connectivity index (χ4n) is 2.43. The third-order valence-electron chi connectivity index (χ3n) is 3.51. The third-order valence-corrected chi connectivity index (χ3v) is 5.33. The van der Waals surface area contributed by atoms with Gasteiger partial charge in [-0.3, -0.25) is 4.79 Å². The molecular formula is C12H19N3O3S. The van der Waals surface area contributed by atoms with Gasteiger partial charge in [0.15, 0.2) is 5.03 Å². The number of carbonyl (C=O) groups is 1. The van der Waals surface area contributed by atoms with Gasteiger partial charge in [0.1, 0.15) is 11.6 Å². The molecule has 1 fully saturated rings. The first-order valence-corrected chi connectivity index (χ1v) is 7.77. The second-order valence-electron chi connectivity index (χ2n) is 5.06. The Balaban J connectivity index is 2.30. The van der Waals surface area contributed by atoms with Crippen molar-refractivity contribution in [1.29, 1.82) is 0 Å². The van der Waals surface area contributed by atoms with Crippen molar-refractivity contribution in [2.45, 2.75) is 44.2 Å². The molecule has 2 rings (SSSR count). The summed E-state index contributed by atoms with van der Waals surface area (Å²) < 4.78 is 28.2. The first kappa shape index (κ1) is 14.2. The van der Waals surface area contributed by atoms with Crippen LogP contribution in [0.25, 0.3) is 0 Å². The molecule has 0 radical (unpaired) electrons. The molecule has 1 aliphatic heterocycles. The summed E-state index contributed by atoms with van der Waals surface area (Å²) >= 11 is 0. The molecule has 1 aromatic heterocycles. The highest BCUT2D eigenvalue weighted by Gasteiger charge is 2.37. The van der Waals surface area contributed by atoms with Crippen LogP contribution in [0, 0.1) is 6.92 Å². The fraction of sp³-hybridized carbons (Fsp3) is 0.667. The van der Waals surface area contributed by atoms with Gasteiger partial charge >= 0.3 is 0 Å². The molecule has 7 heteroatoms. The van der Waals surface area contributed by atoms with Crippen molar-refractivity contribution in [3.63, 3.8) is 0 Å². The van der Waals surface area contributed by atoms with Crippen LogP contribution in [0.1, 0.15) is 32.0 Å². The molecule has 0 aliphatic carbocycles. The number of sulfonamides is 1. The number of aryl methyl sites for hydroxylation is 2. The van der Waals surface area contributed by atoms with E-state index < -0.39 is 10.0 Å². The number of imidazole rings is 1. The molecule has 1 saturated heterocycles. The zero-order valence-corrected chi connectivity index (χ0v) is 12.3. The Bertz CT molecular complexity index is 572. The average Bonchev–Trinajstić information content (AvgIpc) is 2.87. The molecular weight excluding hydrogens is 266 g/mol. The Hall–Kier alpha value is -1.21. The Morgan fingerprint density at radius 1 is 1.53 bits per heavy atom. The fourth-order valence-corrected chi connectivity index (χ4v) is 4.15. The van der Waals surface area contributed by atoms with Crippen LogP contribution in [-0.2, 0) is 21.9 Å². The zero-order valence-electron chi connectivity index (χ0n) is 11.5. The van der Waals surface area contributed by atoms with Crippen molar-refractivity contribution in [3.8, 4) is 0 Å². The SMILES string of the molecule is CC(=O)CC1CCCN1S(=O)(=O)c1cn(C)c(C)n1. The lowest BCUT2D eigenvalue weighted by Crippen LogP contribution is -2.36. The Labute approximate surface area is 113 Å². The number of hydrogen-bond donors (Lipinski definition) is 0. The lowest BCUT2D eigenvalue weighted by atomic mass is 10.1. The number of nitrogens with zero attached hydrogens (tertiary/aromatic N) is 3. The standard InChI is InChI=1S/C12H19N3O3S/c1-9(16)7-11-5-4-6-15(11)19(17,18)12-8-14(3)10(2)13-12/h8,11H,4-7H2,1-3H3. The largest absolute Gasteiger partial charge is 0.337 e. The van der Waals surface area contributed by atoms with Gasteiger partial charge in [0.05, 0.1) is 0 Å². The number of ketones is 1. The Kier molecular flexibility index (Phi) is 3.78. The van der Waals surface area contributed by atoms with Gasteiger partial charge in [0, 0.05) is 32.3 Å². The van der Waals surface area contributed by atoms with Crippen molar-refractivity contribution in [1.82, 2.24) is 13.9 Å². The Morgan fingerprint density at radius 3 is 2.74 bits per heavy atom. The summed E-state index contributed by atoms with van der Waals surface area (Å²) in [5.41, 5.74) is 0. The topological polar surface area (TPSA) is 72.3 Å². The van der Waals surface area contributed by atoms with E-state index >= 15 is 0 Å². The van der Waals surface area contributed by atoms with Crippen LogP contribution in [0.2, 0.25) is 0 Å². The van der Waals surface area contributed by atoms with E-state index in [-0.39, 0.29) is 23.3 Å². The first-order valence-electron chi connectivity index (χ1n) is 6.33. The molecule has 1 unspecified atom stereocenters. The van der Waals surface area contributed by atoms with Gasteiger partial charge in [0.25, 0.3) is 10.0 Å². The van der Waals surface area contributed by atoms with Crippen LogP contribution in [0.4, 0.5) is 0 Å². The monoisotopic (exact) mass is 285 g/mol. The van der Waals surface area contributed by atoms with Gasteiger partial charge < -0.3 is 4.57 Å². The van der Waals surface area contributed by atoms with E-state index in [9.17, 15) is 13.2 Å². The number of Topliss-reactive ketones (excluding diaryl/α,β-unsaturated/α-hetero) is 1. The summed E-state index contributed by atoms with van der Waals surface area (Å²) in [4.78, 5) is 15.3. The number of aromatic nitrogens is 2. The highest BCUT2D eigenvalue weighted by atomic mass is 32.2. The summed E-state index contributed by atoms with van der Waals surface area (Å²) in [6, 6.07) is -0.218. The molecule has 0 N–H and O–H groups in total. The normalized spacial score (nSPS) is 20.9. The van der Waals surface area contributed by atoms with E-state index in [2.05, 4.69) is 4.98 Å². The van der Waals surface area contributed by atoms with Crippen molar-refractivity contribution >= 4 is 15.8 Å². The maximum atomic E-state index is 12.5. The van der Waals surface area contributed by atoms with Gasteiger partial charge in [-0.05, 0) is 26.7 Å². The van der Waals surface area contributed by atoms with E-state index in [1.807, 2.05) is 0 Å². The molecule has 0 bridgehead atoms. The molecule has 19 heavy (non-hydrogen) atoms. The van der Waals surface area contributed by atoms with Gasteiger partial charge in [-0.25, -0.2) is 13.4 Å². The first-order chi connectivity index (χ1) is 8.82. The molecule has 1 atom stereocenters. The van der Waals surface area contributed by atoms with Crippen LogP contribution in [0.3, 0.4) is 0 Å². The lowest BCUT2D eigenvalue weighted by molar-refractivity contribution is -0.117. The minimum absolute atomic E-state index is 0.0179. The van der Waals surface area contributed by atoms with Crippen molar-refractivity contribution < 1.29 is 13.2 Å². The van der Waals surface area contributed by atoms with Crippen LogP contribution >= 0.6 is 0 Å². The van der Waals surface area contributed by atoms with E-state index in [4.69, 9.17) is 0 Å². The number of hydrogen-bond acceptors (Lipinski definition) is 4. The molecule has 0 aromatic carbocycles. The maximum absolute atomic E-state index is 12.5. The smallest absolute Gasteiger partial charge is 0.262 e. The van der Waals surface area contributed by atoms with Crippen molar-refractivity contribution in [2.24, 2.45) is 7.05 Å². The molecule has 1 aliphatic rings. The predicted octanol–water partition coefficient (Wildman–Crippen LogP) is 0.861. The van der Waals surface area contributed by atoms with E-state index in [1.54, 1.807) is 18.5 Å². The predicted molar refractivity (Wildman–Crippen MR) is 70.2 cm³/mol. The second-order valence-corrected chi connectivity index (χ2v) is 6.89. The van der Waals surface area contributed by atoms with E-state index in [0.29, 0.717) is 12.4 Å². The molecule has 0 amide bonds. The van der Waals surface area contributed by atoms with Crippen LogP contribution < -0.4 is 0 Å². The lowest BCUT2D eigenvalue weighted by Gasteiger charge is -2.21. The van der Waals surface area contributed by atoms with Gasteiger partial charge in [-0.1, -0.05) is 0 Å². The minimum Gasteiger partial charge on any atom is -0.337 e. The average molecular weight is 285 g/mol. The van der Waals surface area contributed by atoms with Crippen molar-refractivity contribution in [2.75, 3.05) is 6.54 Å². The third kappa shape index (κ3) is 2.71. The highest BCUT2D eigenvalue weighted by molar-refractivity contribution is 7.89. The number of rotatable bonds is 4. The van der Waals surface area contributed by atoms with E-state index in [1.165, 1.54) is 17.4 Å². The van der Waals surface area contributed by atoms with Gasteiger partial charge in [-0.15, -0.1) is 0 Å². The highest BCUT2D eigenvalue weighted by Crippen LogP contribution is 2.27. The Morgan fingerprint density at radius 2 is 2.21 bits per heavy atom. The maximum Gasteiger partial charge on any atom is 0.262 e. The molecule has 6 nitrogen and oxygen atoms in total. The van der Waals surface area contributed by atoms with Crippen LogP contribution in [0.5, 0.6) is 0 Å².